The van der Waals surface area contributed by atoms with Crippen LogP contribution in [0, 0.1) is 25.2 Å². The van der Waals surface area contributed by atoms with Crippen molar-refractivity contribution in [1.29, 1.82) is 5.26 Å². The lowest BCUT2D eigenvalue weighted by Gasteiger charge is -2.19. The van der Waals surface area contributed by atoms with Gasteiger partial charge in [-0.05, 0) is 92.2 Å². The van der Waals surface area contributed by atoms with E-state index in [0.29, 0.717) is 48.4 Å². The molecule has 9 nitrogen and oxygen atoms in total. The van der Waals surface area contributed by atoms with Gasteiger partial charge in [0.25, 0.3) is 0 Å². The second-order valence-corrected chi connectivity index (χ2v) is 13.0. The van der Waals surface area contributed by atoms with E-state index >= 15 is 0 Å². The van der Waals surface area contributed by atoms with Gasteiger partial charge >= 0.3 is 0 Å². The fraction of sp³-hybridized carbons (Fsp3) is 0.325. The Morgan fingerprint density at radius 2 is 1.64 bits per heavy atom. The molecule has 258 valence electrons. The third kappa shape index (κ3) is 9.01. The van der Waals surface area contributed by atoms with Gasteiger partial charge in [-0.25, -0.2) is 0 Å². The summed E-state index contributed by atoms with van der Waals surface area (Å²) in [5, 5.41) is 20.1. The summed E-state index contributed by atoms with van der Waals surface area (Å²) in [6.07, 6.45) is 10.5. The number of hydrogen-bond acceptors (Lipinski definition) is 8. The van der Waals surface area contributed by atoms with Crippen molar-refractivity contribution < 1.29 is 14.2 Å². The second kappa shape index (κ2) is 17.2. The Kier molecular flexibility index (Phi) is 12.0. The quantitative estimate of drug-likeness (QED) is 0.101. The van der Waals surface area contributed by atoms with Crippen molar-refractivity contribution in [2.75, 3.05) is 26.2 Å². The van der Waals surface area contributed by atoms with Crippen molar-refractivity contribution in [2.24, 2.45) is 0 Å². The molecule has 0 spiro atoms. The van der Waals surface area contributed by atoms with Crippen molar-refractivity contribution in [1.82, 2.24) is 25.4 Å². The van der Waals surface area contributed by atoms with Gasteiger partial charge in [-0.3, -0.25) is 10.1 Å². The number of aromatic nitrogens is 3. The van der Waals surface area contributed by atoms with Crippen LogP contribution in [-0.2, 0) is 26.3 Å². The second-order valence-electron chi connectivity index (χ2n) is 12.6. The Morgan fingerprint density at radius 3 is 2.44 bits per heavy atom. The number of halogens is 1. The number of nitrogens with one attached hydrogen (secondary N) is 2. The fourth-order valence-electron chi connectivity index (χ4n) is 6.29. The van der Waals surface area contributed by atoms with Gasteiger partial charge in [-0.1, -0.05) is 41.9 Å². The van der Waals surface area contributed by atoms with Crippen LogP contribution in [0.1, 0.15) is 58.2 Å². The molecular formula is C40H43ClN6O3. The summed E-state index contributed by atoms with van der Waals surface area (Å²) in [7, 11) is 0. The Hall–Kier alpha value is -4.88. The molecule has 0 bridgehead atoms. The molecule has 3 heterocycles. The maximum atomic E-state index is 9.30. The lowest BCUT2D eigenvalue weighted by Crippen LogP contribution is -2.22. The Balaban J connectivity index is 1.16. The minimum Gasteiger partial charge on any atom is -0.493 e. The van der Waals surface area contributed by atoms with Gasteiger partial charge in [0.2, 0.25) is 0 Å². The Bertz CT molecular complexity index is 1920. The van der Waals surface area contributed by atoms with Crippen LogP contribution in [0.3, 0.4) is 0 Å². The van der Waals surface area contributed by atoms with E-state index in [1.54, 1.807) is 18.5 Å². The SMILES string of the molecule is Cc1c(COc2cc(OCc3cncc(C#N)c3)c(CNCc3cn[nH]c3)cc2Cl)cccc1-c1cccc(OCCCN2CCCC2)c1C. The molecule has 0 atom stereocenters. The van der Waals surface area contributed by atoms with Gasteiger partial charge in [0.15, 0.2) is 0 Å². The molecule has 0 aliphatic carbocycles. The van der Waals surface area contributed by atoms with E-state index in [2.05, 4.69) is 81.7 Å². The van der Waals surface area contributed by atoms with Crippen LogP contribution in [0.4, 0.5) is 0 Å². The molecule has 1 saturated heterocycles. The standard InChI is InChI=1S/C40H43ClN6O3/c1-28-33(8-5-9-35(28)36-10-6-11-38(29(36)2)48-15-7-14-47-12-3-4-13-47)27-50-40-18-39(49-26-31-16-30(19-42)20-43-21-31)34(17-37(40)41)25-44-22-32-23-45-46-24-32/h5-6,8-11,16-18,20-21,23-24,44H,3-4,7,12-15,22,25-27H2,1-2H3,(H,45,46). The first-order valence-electron chi connectivity index (χ1n) is 17.1. The highest BCUT2D eigenvalue weighted by atomic mass is 35.5. The van der Waals surface area contributed by atoms with Crippen LogP contribution in [0.25, 0.3) is 11.1 Å². The molecule has 1 aliphatic heterocycles. The number of aromatic amines is 1. The van der Waals surface area contributed by atoms with Crippen LogP contribution < -0.4 is 19.5 Å². The highest BCUT2D eigenvalue weighted by molar-refractivity contribution is 6.32. The molecule has 5 aromatic rings. The number of hydrogen-bond donors (Lipinski definition) is 2. The number of nitrogens with zero attached hydrogens (tertiary/aromatic N) is 4. The van der Waals surface area contributed by atoms with E-state index in [-0.39, 0.29) is 6.61 Å². The van der Waals surface area contributed by atoms with Crippen LogP contribution in [0.2, 0.25) is 5.02 Å². The molecule has 0 unspecified atom stereocenters. The maximum absolute atomic E-state index is 9.30. The molecule has 1 fully saturated rings. The molecule has 10 heteroatoms. The minimum atomic E-state index is 0.236. The molecule has 0 radical (unpaired) electrons. The lowest BCUT2D eigenvalue weighted by atomic mass is 9.93. The Morgan fingerprint density at radius 1 is 0.840 bits per heavy atom. The van der Waals surface area contributed by atoms with E-state index < -0.39 is 0 Å². The van der Waals surface area contributed by atoms with Gasteiger partial charge < -0.3 is 24.4 Å². The summed E-state index contributed by atoms with van der Waals surface area (Å²) in [6.45, 7) is 10.2. The Labute approximate surface area is 299 Å². The first kappa shape index (κ1) is 35.0. The van der Waals surface area contributed by atoms with Gasteiger partial charge in [-0.2, -0.15) is 10.4 Å². The highest BCUT2D eigenvalue weighted by Gasteiger charge is 2.16. The molecule has 3 aromatic carbocycles. The first-order valence-corrected chi connectivity index (χ1v) is 17.5. The zero-order chi connectivity index (χ0) is 34.7. The number of likely N-dealkylation sites (tertiary alicyclic amines) is 1. The minimum absolute atomic E-state index is 0.236. The largest absolute Gasteiger partial charge is 0.493 e. The van der Waals surface area contributed by atoms with Gasteiger partial charge in [0.1, 0.15) is 36.5 Å². The highest BCUT2D eigenvalue weighted by Crippen LogP contribution is 2.36. The molecule has 6 rings (SSSR count). The zero-order valence-electron chi connectivity index (χ0n) is 28.7. The molecule has 2 aromatic heterocycles. The molecule has 50 heavy (non-hydrogen) atoms. The third-order valence-electron chi connectivity index (χ3n) is 9.11. The zero-order valence-corrected chi connectivity index (χ0v) is 29.4. The van der Waals surface area contributed by atoms with Crippen molar-refractivity contribution in [3.05, 3.63) is 123 Å². The van der Waals surface area contributed by atoms with Crippen molar-refractivity contribution in [2.45, 2.75) is 59.4 Å². The topological polar surface area (TPSA) is 108 Å². The summed E-state index contributed by atoms with van der Waals surface area (Å²) < 4.78 is 18.9. The summed E-state index contributed by atoms with van der Waals surface area (Å²) in [5.74, 6) is 2.08. The third-order valence-corrected chi connectivity index (χ3v) is 9.41. The van der Waals surface area contributed by atoms with E-state index in [1.165, 1.54) is 32.1 Å². The van der Waals surface area contributed by atoms with Crippen LogP contribution in [0.5, 0.6) is 17.2 Å². The number of H-pyrrole nitrogens is 1. The van der Waals surface area contributed by atoms with Gasteiger partial charge in [-0.15, -0.1) is 0 Å². The summed E-state index contributed by atoms with van der Waals surface area (Å²) >= 11 is 6.81. The molecule has 0 amide bonds. The average molecular weight is 691 g/mol. The van der Waals surface area contributed by atoms with E-state index in [4.69, 9.17) is 25.8 Å². The molecule has 0 saturated carbocycles. The maximum Gasteiger partial charge on any atom is 0.142 e. The monoisotopic (exact) mass is 690 g/mol. The molecular weight excluding hydrogens is 648 g/mol. The van der Waals surface area contributed by atoms with Crippen LogP contribution >= 0.6 is 11.6 Å². The molecule has 1 aliphatic rings. The van der Waals surface area contributed by atoms with Crippen LogP contribution in [0.15, 0.2) is 79.4 Å². The van der Waals surface area contributed by atoms with Crippen molar-refractivity contribution in [3.63, 3.8) is 0 Å². The number of nitriles is 1. The smallest absolute Gasteiger partial charge is 0.142 e. The van der Waals surface area contributed by atoms with Crippen LogP contribution in [-0.4, -0.2) is 46.3 Å². The van der Waals surface area contributed by atoms with Gasteiger partial charge in [0.05, 0.1) is 23.4 Å². The first-order chi connectivity index (χ1) is 24.5. The van der Waals surface area contributed by atoms with Crippen molar-refractivity contribution >= 4 is 11.6 Å². The predicted molar refractivity (Wildman–Crippen MR) is 195 cm³/mol. The number of ether oxygens (including phenoxy) is 3. The summed E-state index contributed by atoms with van der Waals surface area (Å²) in [6, 6.07) is 20.2. The lowest BCUT2D eigenvalue weighted by molar-refractivity contribution is 0.262. The van der Waals surface area contributed by atoms with E-state index in [1.807, 2.05) is 18.3 Å². The predicted octanol–water partition coefficient (Wildman–Crippen LogP) is 7.93. The normalized spacial score (nSPS) is 12.9. The summed E-state index contributed by atoms with van der Waals surface area (Å²) in [4.78, 5) is 6.69. The van der Waals surface area contributed by atoms with Crippen molar-refractivity contribution in [3.8, 4) is 34.4 Å². The summed E-state index contributed by atoms with van der Waals surface area (Å²) in [5.41, 5.74) is 8.81. The average Bonchev–Trinajstić information content (AvgIpc) is 3.86. The number of rotatable bonds is 16. The number of benzene rings is 3. The van der Waals surface area contributed by atoms with E-state index in [0.717, 1.165) is 63.2 Å². The fourth-order valence-corrected chi connectivity index (χ4v) is 6.53. The van der Waals surface area contributed by atoms with E-state index in [9.17, 15) is 5.26 Å². The van der Waals surface area contributed by atoms with Gasteiger partial charge in [0, 0.05) is 61.0 Å². The molecule has 2 N–H and O–H groups in total. The number of pyridine rings is 1.